The maximum atomic E-state index is 14.2. The number of ether oxygens (including phenoxy) is 1. The highest BCUT2D eigenvalue weighted by Gasteiger charge is 2.57. The second kappa shape index (κ2) is 16.3. The highest BCUT2D eigenvalue weighted by Crippen LogP contribution is 2.61. The van der Waals surface area contributed by atoms with Crippen LogP contribution in [-0.4, -0.2) is 96.7 Å². The van der Waals surface area contributed by atoms with Crippen molar-refractivity contribution in [3.8, 4) is 16.9 Å². The van der Waals surface area contributed by atoms with Gasteiger partial charge in [0.1, 0.15) is 17.9 Å². The Kier molecular flexibility index (Phi) is 12.0. The number of likely N-dealkylation sites (N-methyl/N-ethyl adjacent to an activating group) is 1. The molecular weight excluding hydrogens is 668 g/mol. The van der Waals surface area contributed by atoms with Crippen LogP contribution in [0, 0.1) is 29.1 Å². The molecule has 1 aliphatic heterocycles. The van der Waals surface area contributed by atoms with Crippen molar-refractivity contribution >= 4 is 11.8 Å². The lowest BCUT2D eigenvalue weighted by atomic mass is 9.45. The topological polar surface area (TPSA) is 124 Å². The van der Waals surface area contributed by atoms with E-state index < -0.39 is 24.2 Å². The first-order chi connectivity index (χ1) is 25.3. The maximum Gasteiger partial charge on any atom is 0.251 e. The van der Waals surface area contributed by atoms with Crippen molar-refractivity contribution < 1.29 is 29.4 Å². The Morgan fingerprint density at radius 1 is 1.06 bits per heavy atom. The summed E-state index contributed by atoms with van der Waals surface area (Å²) in [6.07, 6.45) is 1.21. The summed E-state index contributed by atoms with van der Waals surface area (Å²) in [5, 5.41) is 29.4. The molecule has 1 saturated heterocycles. The van der Waals surface area contributed by atoms with Crippen molar-refractivity contribution in [2.45, 2.75) is 83.8 Å². The lowest BCUT2D eigenvalue weighted by Gasteiger charge is -2.62. The van der Waals surface area contributed by atoms with Crippen molar-refractivity contribution in [3.05, 3.63) is 89.5 Å². The van der Waals surface area contributed by atoms with E-state index in [9.17, 15) is 19.8 Å². The van der Waals surface area contributed by atoms with Gasteiger partial charge in [-0.15, -0.1) is 0 Å². The smallest absolute Gasteiger partial charge is 0.251 e. The number of hydrogen-bond donors (Lipinski definition) is 4. The van der Waals surface area contributed by atoms with E-state index in [0.29, 0.717) is 42.0 Å². The number of carbonyl (C=O) groups excluding carboxylic acids is 2. The Hall–Kier alpha value is -3.80. The number of nitrogens with one attached hydrogen (secondary N) is 2. The normalized spacial score (nSPS) is 27.5. The van der Waals surface area contributed by atoms with Gasteiger partial charge in [-0.2, -0.15) is 5.06 Å². The predicted octanol–water partition coefficient (Wildman–Crippen LogP) is 4.93. The van der Waals surface area contributed by atoms with Crippen LogP contribution in [0.1, 0.15) is 62.0 Å². The molecule has 0 radical (unpaired) electrons. The molecule has 3 aliphatic carbocycles. The van der Waals surface area contributed by atoms with E-state index in [-0.39, 0.29) is 42.5 Å². The quantitative estimate of drug-likeness (QED) is 0.185. The molecule has 4 N–H and O–H groups in total. The molecule has 4 aliphatic rings. The van der Waals surface area contributed by atoms with Crippen LogP contribution >= 0.6 is 0 Å². The molecule has 2 amide bonds. The third kappa shape index (κ3) is 8.17. The molecule has 53 heavy (non-hydrogen) atoms. The van der Waals surface area contributed by atoms with Crippen LogP contribution < -0.4 is 15.4 Å². The van der Waals surface area contributed by atoms with Crippen LogP contribution in [0.4, 0.5) is 0 Å². The van der Waals surface area contributed by atoms with Gasteiger partial charge in [0.05, 0.1) is 26.4 Å². The molecule has 3 saturated carbocycles. The Morgan fingerprint density at radius 2 is 1.79 bits per heavy atom. The van der Waals surface area contributed by atoms with Gasteiger partial charge in [0, 0.05) is 41.2 Å². The Morgan fingerprint density at radius 3 is 2.43 bits per heavy atom. The number of amides is 2. The molecule has 1 heterocycles. The fourth-order valence-corrected chi connectivity index (χ4v) is 9.43. The monoisotopic (exact) mass is 726 g/mol. The van der Waals surface area contributed by atoms with Crippen LogP contribution in [0.2, 0.25) is 0 Å². The van der Waals surface area contributed by atoms with Gasteiger partial charge in [0.2, 0.25) is 5.91 Å². The molecule has 286 valence electrons. The number of methoxy groups -OCH3 is 1. The molecule has 9 atom stereocenters. The molecule has 0 unspecified atom stereocenters. The highest BCUT2D eigenvalue weighted by atomic mass is 16.7. The zero-order chi connectivity index (χ0) is 38.0. The number of carbonyl (C=O) groups is 2. The zero-order valence-corrected chi connectivity index (χ0v) is 32.3. The molecule has 10 heteroatoms. The van der Waals surface area contributed by atoms with Gasteiger partial charge >= 0.3 is 0 Å². The molecule has 3 aromatic rings. The summed E-state index contributed by atoms with van der Waals surface area (Å²) in [6, 6.07) is 22.6. The first-order valence-corrected chi connectivity index (χ1v) is 19.1. The van der Waals surface area contributed by atoms with Crippen LogP contribution in [0.25, 0.3) is 11.1 Å². The SMILES string of the molecule is COc1c(CN2O[C@@H](CO)[C@@H]([C@H](C)O)[C@H]2C(=O)N[C@H]2C[C@@H]3C[C@H]([C@@H]2C)C3(C)C)cccc1-c1cccc(C(=O)N[C@H](Cc2ccccc2)CN(C)C)c1. The van der Waals surface area contributed by atoms with Crippen molar-refractivity contribution in [2.24, 2.45) is 29.1 Å². The first kappa shape index (κ1) is 38.9. The van der Waals surface area contributed by atoms with Crippen molar-refractivity contribution in [1.82, 2.24) is 20.6 Å². The van der Waals surface area contributed by atoms with E-state index in [4.69, 9.17) is 9.57 Å². The number of nitrogens with zero attached hydrogens (tertiary/aromatic N) is 2. The molecule has 7 rings (SSSR count). The van der Waals surface area contributed by atoms with Crippen LogP contribution in [0.5, 0.6) is 5.75 Å². The standard InChI is InChI=1S/C43H58N4O6/c1-26-35-21-32(43(35,3)4)22-36(26)45-42(51)39-38(27(2)49)37(25-48)53-47(39)23-31-17-12-18-34(40(31)52-7)29-15-11-16-30(20-29)41(50)44-33(24-46(5)6)19-28-13-9-8-10-14-28/h8-18,20,26-27,32-33,35-39,48-49H,19,21-25H2,1-7H3,(H,44,50)(H,45,51)/t26-,27-,32-,33+,35+,36-,37-,38+,39-/m0/s1. The maximum absolute atomic E-state index is 14.2. The average Bonchev–Trinajstić information content (AvgIpc) is 3.51. The summed E-state index contributed by atoms with van der Waals surface area (Å²) in [5.74, 6) is 1.08. The van der Waals surface area contributed by atoms with Crippen LogP contribution in [-0.2, 0) is 22.6 Å². The summed E-state index contributed by atoms with van der Waals surface area (Å²) < 4.78 is 6.02. The number of fused-ring (bicyclic) bond motifs is 2. The predicted molar refractivity (Wildman–Crippen MR) is 206 cm³/mol. The third-order valence-corrected chi connectivity index (χ3v) is 12.4. The number of aliphatic hydroxyl groups is 2. The lowest BCUT2D eigenvalue weighted by Crippen LogP contribution is -2.62. The van der Waals surface area contributed by atoms with Crippen molar-refractivity contribution in [2.75, 3.05) is 34.4 Å². The fraction of sp³-hybridized carbons (Fsp3) is 0.535. The van der Waals surface area contributed by atoms with E-state index in [0.717, 1.165) is 28.7 Å². The van der Waals surface area contributed by atoms with E-state index >= 15 is 0 Å². The van der Waals surface area contributed by atoms with Gasteiger partial charge in [-0.25, -0.2) is 0 Å². The molecule has 4 fully saturated rings. The number of hydrogen-bond acceptors (Lipinski definition) is 8. The Labute approximate surface area is 314 Å². The van der Waals surface area contributed by atoms with Gasteiger partial charge in [0.15, 0.2) is 0 Å². The molecule has 2 bridgehead atoms. The van der Waals surface area contributed by atoms with E-state index in [2.05, 4.69) is 48.4 Å². The second-order valence-corrected chi connectivity index (χ2v) is 16.4. The number of aliphatic hydroxyl groups excluding tert-OH is 2. The van der Waals surface area contributed by atoms with Crippen molar-refractivity contribution in [1.29, 1.82) is 0 Å². The van der Waals surface area contributed by atoms with Gasteiger partial charge < -0.3 is 30.5 Å². The van der Waals surface area contributed by atoms with E-state index in [1.807, 2.05) is 74.8 Å². The average molecular weight is 727 g/mol. The van der Waals surface area contributed by atoms with Crippen LogP contribution in [0.3, 0.4) is 0 Å². The molecule has 0 aromatic heterocycles. The molecule has 0 spiro atoms. The minimum absolute atomic E-state index is 0.0443. The Balaban J connectivity index is 1.23. The van der Waals surface area contributed by atoms with Gasteiger partial charge in [0.25, 0.3) is 5.91 Å². The lowest BCUT2D eigenvalue weighted by molar-refractivity contribution is -0.183. The number of para-hydroxylation sites is 1. The van der Waals surface area contributed by atoms with E-state index in [1.54, 1.807) is 19.1 Å². The van der Waals surface area contributed by atoms with E-state index in [1.165, 1.54) is 6.42 Å². The van der Waals surface area contributed by atoms with Gasteiger partial charge in [-0.05, 0) is 86.7 Å². The minimum atomic E-state index is -0.892. The molecule has 3 aromatic carbocycles. The number of hydroxylamine groups is 2. The number of benzene rings is 3. The molecule has 10 nitrogen and oxygen atoms in total. The largest absolute Gasteiger partial charge is 0.496 e. The van der Waals surface area contributed by atoms with Gasteiger partial charge in [-0.3, -0.25) is 14.4 Å². The first-order valence-electron chi connectivity index (χ1n) is 19.1. The zero-order valence-electron chi connectivity index (χ0n) is 32.3. The minimum Gasteiger partial charge on any atom is -0.496 e. The van der Waals surface area contributed by atoms with Crippen LogP contribution in [0.15, 0.2) is 72.8 Å². The third-order valence-electron chi connectivity index (χ3n) is 12.4. The highest BCUT2D eigenvalue weighted by molar-refractivity contribution is 5.96. The summed E-state index contributed by atoms with van der Waals surface area (Å²) in [5.41, 5.74) is 4.35. The summed E-state index contributed by atoms with van der Waals surface area (Å²) >= 11 is 0. The Bertz CT molecular complexity index is 1730. The molecular formula is C43H58N4O6. The summed E-state index contributed by atoms with van der Waals surface area (Å²) in [6.45, 7) is 9.10. The fourth-order valence-electron chi connectivity index (χ4n) is 9.43. The number of rotatable bonds is 14. The van der Waals surface area contributed by atoms with Gasteiger partial charge in [-0.1, -0.05) is 81.4 Å². The second-order valence-electron chi connectivity index (χ2n) is 16.4. The summed E-state index contributed by atoms with van der Waals surface area (Å²) in [7, 11) is 5.61. The summed E-state index contributed by atoms with van der Waals surface area (Å²) in [4.78, 5) is 36.2. The van der Waals surface area contributed by atoms with Crippen molar-refractivity contribution in [3.63, 3.8) is 0 Å².